The van der Waals surface area contributed by atoms with Crippen LogP contribution in [0.1, 0.15) is 141 Å². The first-order valence-electron chi connectivity index (χ1n) is 25.2. The molecule has 0 saturated carbocycles. The Kier molecular flexibility index (Phi) is 27.0. The molecule has 0 radical (unpaired) electrons. The normalized spacial score (nSPS) is 21.3. The molecule has 7 nitrogen and oxygen atoms in total. The third kappa shape index (κ3) is 20.8. The molecule has 0 unspecified atom stereocenters. The predicted octanol–water partition coefficient (Wildman–Crippen LogP) is 15.5. The number of unbranched alkanes of at least 4 members (excludes halogenated alkanes) is 3. The number of hydrogen-bond donors (Lipinski definition) is 2. The molecule has 1 amide bonds. The van der Waals surface area contributed by atoms with E-state index in [9.17, 15) is 9.90 Å². The summed E-state index contributed by atoms with van der Waals surface area (Å²) in [6, 6.07) is 0.824. The van der Waals surface area contributed by atoms with Gasteiger partial charge in [-0.05, 0) is 64.2 Å². The van der Waals surface area contributed by atoms with Gasteiger partial charge >= 0.3 is 241 Å². The Labute approximate surface area is 417 Å². The standard InChI is InChI=1S/C40H75INO6Si3.3C4H9.Sn/c1-19-32(47-50(15,16)38(5,6)7)22-20-29(2)21-23-33(46-28-45-24-25-49(12,13)14)27-34(48-51(17,18)39(8,9)10)31(4)36(43)40(11)35(26-30(3)41)42-37(40)44;3*1-3-4-2;/h1,19-21,23,26,31-36,43H,22,24-25,27-28H2,2-18H3,(H,42,44);3*1,3-4H2,2H3;/b19-1?,23-21+,29-20+,30-26+;;;;/t31-,32+,33+,34+,35+,36-,40-;;;;/m0..../s1. The van der Waals surface area contributed by atoms with Gasteiger partial charge in [-0.1, -0.05) is 53.4 Å². The van der Waals surface area contributed by atoms with Crippen LogP contribution in [-0.4, -0.2) is 98.0 Å². The molecule has 7 atom stereocenters. The molecule has 374 valence electrons. The van der Waals surface area contributed by atoms with Crippen LogP contribution in [0.15, 0.2) is 43.6 Å². The molecule has 0 aliphatic carbocycles. The van der Waals surface area contributed by atoms with Crippen molar-refractivity contribution in [2.45, 2.75) is 247 Å². The number of carbonyl (C=O) groups excluding carboxylic acids is 1. The topological polar surface area (TPSA) is 86.3 Å². The summed E-state index contributed by atoms with van der Waals surface area (Å²) in [5.41, 5.74) is 0.204. The Hall–Kier alpha value is 0.409. The van der Waals surface area contributed by atoms with Crippen molar-refractivity contribution >= 4 is 71.6 Å². The van der Waals surface area contributed by atoms with Crippen molar-refractivity contribution in [3.63, 3.8) is 0 Å². The fraction of sp³-hybridized carbons (Fsp3) is 0.827. The Morgan fingerprint density at radius 2 is 1.38 bits per heavy atom. The van der Waals surface area contributed by atoms with E-state index in [1.54, 1.807) is 0 Å². The van der Waals surface area contributed by atoms with Gasteiger partial charge in [0.05, 0.1) is 17.6 Å². The van der Waals surface area contributed by atoms with E-state index in [2.05, 4.69) is 178 Å². The summed E-state index contributed by atoms with van der Waals surface area (Å²) in [6.45, 7) is 46.2. The Morgan fingerprint density at radius 1 is 0.859 bits per heavy atom. The monoisotopic (exact) mass is 1170 g/mol. The first kappa shape index (κ1) is 62.4. The van der Waals surface area contributed by atoms with Gasteiger partial charge in [0.25, 0.3) is 0 Å². The molecule has 1 aliphatic rings. The zero-order valence-electron chi connectivity index (χ0n) is 45.2. The van der Waals surface area contributed by atoms with Crippen molar-refractivity contribution < 1.29 is 28.2 Å². The van der Waals surface area contributed by atoms with Gasteiger partial charge in [0.15, 0.2) is 8.32 Å². The molecule has 0 aromatic heterocycles. The van der Waals surface area contributed by atoms with Crippen LogP contribution in [0, 0.1) is 11.3 Å². The van der Waals surface area contributed by atoms with E-state index in [1.165, 1.54) is 57.4 Å². The number of amides is 1. The molecular weight excluding hydrogens is 1060 g/mol. The van der Waals surface area contributed by atoms with Crippen LogP contribution in [0.25, 0.3) is 0 Å². The zero-order valence-corrected chi connectivity index (χ0v) is 53.2. The number of nitrogens with one attached hydrogen (secondary N) is 1. The van der Waals surface area contributed by atoms with Crippen molar-refractivity contribution in [2.24, 2.45) is 11.3 Å². The van der Waals surface area contributed by atoms with Crippen molar-refractivity contribution in [3.8, 4) is 0 Å². The minimum atomic E-state index is -2.54. The van der Waals surface area contributed by atoms with Crippen LogP contribution >= 0.6 is 22.6 Å². The Morgan fingerprint density at radius 3 is 1.83 bits per heavy atom. The van der Waals surface area contributed by atoms with Gasteiger partial charge in [0.1, 0.15) is 0 Å². The van der Waals surface area contributed by atoms with Gasteiger partial charge < -0.3 is 10.4 Å². The van der Waals surface area contributed by atoms with E-state index in [0.29, 0.717) is 13.0 Å². The zero-order chi connectivity index (χ0) is 49.4. The minimum absolute atomic E-state index is 0.0430. The fourth-order valence-corrected chi connectivity index (χ4v) is 26.0. The summed E-state index contributed by atoms with van der Waals surface area (Å²) >= 11 is -0.265. The molecule has 64 heavy (non-hydrogen) atoms. The molecule has 0 aromatic rings. The van der Waals surface area contributed by atoms with Crippen LogP contribution in [-0.2, 0) is 23.1 Å². The quantitative estimate of drug-likeness (QED) is 0.0180. The van der Waals surface area contributed by atoms with E-state index in [1.807, 2.05) is 19.9 Å². The number of aliphatic hydroxyl groups is 1. The summed E-state index contributed by atoms with van der Waals surface area (Å²) in [5, 5.41) is 15.3. The number of halogens is 1. The summed E-state index contributed by atoms with van der Waals surface area (Å²) in [6.07, 6.45) is 18.9. The Balaban J connectivity index is 3.74. The van der Waals surface area contributed by atoms with Crippen LogP contribution in [0.2, 0.25) is 75.3 Å². The molecule has 0 bridgehead atoms. The number of β-lactam (4-membered cyclic amide) rings is 1. The maximum atomic E-state index is 13.3. The summed E-state index contributed by atoms with van der Waals surface area (Å²) in [7, 11) is -5.65. The summed E-state index contributed by atoms with van der Waals surface area (Å²) in [5.74, 6) is -0.465. The molecule has 1 fully saturated rings. The number of rotatable bonds is 31. The van der Waals surface area contributed by atoms with Crippen LogP contribution in [0.4, 0.5) is 0 Å². The van der Waals surface area contributed by atoms with Gasteiger partial charge in [-0.25, -0.2) is 0 Å². The van der Waals surface area contributed by atoms with Crippen molar-refractivity contribution in [1.29, 1.82) is 0 Å². The second-order valence-electron chi connectivity index (χ2n) is 24.0. The number of ether oxygens (including phenoxy) is 2. The second-order valence-corrected chi connectivity index (χ2v) is 53.8. The third-order valence-electron chi connectivity index (χ3n) is 14.8. The Bertz CT molecular complexity index is 1490. The van der Waals surface area contributed by atoms with E-state index in [0.717, 1.165) is 16.0 Å². The van der Waals surface area contributed by atoms with Crippen molar-refractivity contribution in [2.75, 3.05) is 13.4 Å². The second kappa shape index (κ2) is 27.7. The van der Waals surface area contributed by atoms with Gasteiger partial charge in [-0.15, -0.1) is 0 Å². The number of hydrogen-bond acceptors (Lipinski definition) is 6. The number of aliphatic hydroxyl groups excluding tert-OH is 1. The van der Waals surface area contributed by atoms with Crippen molar-refractivity contribution in [1.82, 2.24) is 5.32 Å². The summed E-state index contributed by atoms with van der Waals surface area (Å²) < 4.78 is 35.5. The summed E-state index contributed by atoms with van der Waals surface area (Å²) in [4.78, 5) is 13.3. The molecule has 1 heterocycles. The van der Waals surface area contributed by atoms with Crippen molar-refractivity contribution in [3.05, 3.63) is 43.6 Å². The molecule has 0 spiro atoms. The molecule has 0 aromatic carbocycles. The average Bonchev–Trinajstić information content (AvgIpc) is 3.17. The average molecular weight is 1170 g/mol. The first-order chi connectivity index (χ1) is 29.3. The predicted molar refractivity (Wildman–Crippen MR) is 297 cm³/mol. The molecule has 1 rings (SSSR count). The van der Waals surface area contributed by atoms with E-state index in [-0.39, 0.29) is 53.0 Å². The molecule has 12 heteroatoms. The molecule has 1 aliphatic heterocycles. The van der Waals surface area contributed by atoms with Gasteiger partial charge in [0.2, 0.25) is 5.91 Å². The van der Waals surface area contributed by atoms with E-state index in [4.69, 9.17) is 18.3 Å². The molecule has 1 saturated heterocycles. The molecule has 2 N–H and O–H groups in total. The SMILES string of the molecule is CCC[CH2][Sn](/[CH]=C/[C@H](C/C=C(C)/C=C/[C@H](C[C@@H](O[Si](C)(C)C(C)(C)C)[C@H](C)[C@H](O)[C@@]1(C)C(=O)N[C@@H]1/C=C(\C)I)OCOCC[Si](C)(C)C)O[Si](C)(C)C(C)(C)C)([CH2]CCC)[CH2]CCC. The third-order valence-corrected chi connectivity index (χ3v) is 40.0. The molecular formula is C52H102INO6Si3Sn. The van der Waals surface area contributed by atoms with Gasteiger partial charge in [0, 0.05) is 14.7 Å². The van der Waals surface area contributed by atoms with Crippen LogP contribution < -0.4 is 5.32 Å². The fourth-order valence-electron chi connectivity index (χ4n) is 7.82. The van der Waals surface area contributed by atoms with Gasteiger partial charge in [-0.3, -0.25) is 4.79 Å². The number of allylic oxidation sites excluding steroid dienone is 3. The van der Waals surface area contributed by atoms with E-state index >= 15 is 0 Å². The number of carbonyl (C=O) groups is 1. The van der Waals surface area contributed by atoms with Gasteiger partial charge in [-0.2, -0.15) is 0 Å². The van der Waals surface area contributed by atoms with Crippen LogP contribution in [0.3, 0.4) is 0 Å². The van der Waals surface area contributed by atoms with Crippen LogP contribution in [0.5, 0.6) is 0 Å². The van der Waals surface area contributed by atoms with E-state index < -0.39 is 54.6 Å². The first-order valence-corrected chi connectivity index (χ1v) is 43.5. The maximum absolute atomic E-state index is 13.3.